The summed E-state index contributed by atoms with van der Waals surface area (Å²) in [6.45, 7) is 1.63. The number of carbonyl (C=O) groups excluding carboxylic acids is 2. The van der Waals surface area contributed by atoms with Crippen LogP contribution >= 0.6 is 0 Å². The minimum absolute atomic E-state index is 0.182. The van der Waals surface area contributed by atoms with Crippen molar-refractivity contribution in [1.82, 2.24) is 5.32 Å². The number of esters is 1. The predicted octanol–water partition coefficient (Wildman–Crippen LogP) is 2.50. The monoisotopic (exact) mass is 367 g/mol. The van der Waals surface area contributed by atoms with E-state index in [0.717, 1.165) is 5.69 Å². The van der Waals surface area contributed by atoms with Gasteiger partial charge in [0, 0.05) is 19.8 Å². The van der Waals surface area contributed by atoms with Crippen LogP contribution in [0.25, 0.3) is 6.08 Å². The Hall–Kier alpha value is -3.53. The van der Waals surface area contributed by atoms with E-state index in [1.807, 2.05) is 37.2 Å². The van der Waals surface area contributed by atoms with Crippen molar-refractivity contribution in [2.45, 2.75) is 19.6 Å². The van der Waals surface area contributed by atoms with Crippen molar-refractivity contribution >= 4 is 23.6 Å². The average Bonchev–Trinajstić information content (AvgIpc) is 3.17. The van der Waals surface area contributed by atoms with Crippen molar-refractivity contribution in [3.8, 4) is 6.07 Å². The molecular weight excluding hydrogens is 346 g/mol. The van der Waals surface area contributed by atoms with E-state index >= 15 is 0 Å². The average molecular weight is 367 g/mol. The molecule has 140 valence electrons. The Labute approximate surface area is 157 Å². The molecule has 0 saturated heterocycles. The minimum atomic E-state index is -1.04. The number of amides is 1. The first-order valence-corrected chi connectivity index (χ1v) is 8.31. The van der Waals surface area contributed by atoms with Crippen LogP contribution < -0.4 is 10.2 Å². The molecular formula is C20H21N3O4. The van der Waals surface area contributed by atoms with Gasteiger partial charge in [-0.1, -0.05) is 12.1 Å². The van der Waals surface area contributed by atoms with E-state index in [2.05, 4.69) is 5.32 Å². The number of hydrogen-bond donors (Lipinski definition) is 1. The van der Waals surface area contributed by atoms with Crippen LogP contribution in [-0.2, 0) is 20.9 Å². The van der Waals surface area contributed by atoms with Gasteiger partial charge in [-0.25, -0.2) is 4.79 Å². The highest BCUT2D eigenvalue weighted by Crippen LogP contribution is 2.15. The van der Waals surface area contributed by atoms with Gasteiger partial charge in [0.2, 0.25) is 0 Å². The largest absolute Gasteiger partial charge is 0.467 e. The van der Waals surface area contributed by atoms with E-state index in [0.29, 0.717) is 11.3 Å². The molecule has 1 aromatic carbocycles. The summed E-state index contributed by atoms with van der Waals surface area (Å²) in [5.74, 6) is -0.747. The Morgan fingerprint density at radius 3 is 2.56 bits per heavy atom. The van der Waals surface area contributed by atoms with E-state index in [-0.39, 0.29) is 12.1 Å². The lowest BCUT2D eigenvalue weighted by atomic mass is 10.1. The number of rotatable bonds is 7. The quantitative estimate of drug-likeness (QED) is 0.459. The van der Waals surface area contributed by atoms with Gasteiger partial charge < -0.3 is 19.4 Å². The number of furan rings is 1. The molecule has 1 unspecified atom stereocenters. The standard InChI is InChI=1S/C20H21N3O4/c1-14(19(24)22-13-18-5-4-10-26-18)27-20(25)16(12-21)11-15-6-8-17(9-7-15)23(2)3/h4-11,14H,13H2,1-3H3,(H,22,24)/b16-11+. The maximum Gasteiger partial charge on any atom is 0.349 e. The third-order valence-corrected chi connectivity index (χ3v) is 3.73. The maximum atomic E-state index is 12.2. The van der Waals surface area contributed by atoms with Crippen LogP contribution in [0.3, 0.4) is 0 Å². The molecule has 0 bridgehead atoms. The highest BCUT2D eigenvalue weighted by Gasteiger charge is 2.20. The lowest BCUT2D eigenvalue weighted by Crippen LogP contribution is -2.35. The number of ether oxygens (including phenoxy) is 1. The third-order valence-electron chi connectivity index (χ3n) is 3.73. The van der Waals surface area contributed by atoms with Gasteiger partial charge in [0.1, 0.15) is 17.4 Å². The van der Waals surface area contributed by atoms with Gasteiger partial charge in [-0.2, -0.15) is 5.26 Å². The van der Waals surface area contributed by atoms with Crippen LogP contribution in [0.4, 0.5) is 5.69 Å². The lowest BCUT2D eigenvalue weighted by molar-refractivity contribution is -0.150. The second-order valence-corrected chi connectivity index (χ2v) is 6.00. The number of nitriles is 1. The number of anilines is 1. The van der Waals surface area contributed by atoms with Gasteiger partial charge in [0.15, 0.2) is 6.10 Å². The van der Waals surface area contributed by atoms with Gasteiger partial charge >= 0.3 is 5.97 Å². The zero-order valence-corrected chi connectivity index (χ0v) is 15.4. The van der Waals surface area contributed by atoms with E-state index in [4.69, 9.17) is 9.15 Å². The highest BCUT2D eigenvalue weighted by atomic mass is 16.5. The van der Waals surface area contributed by atoms with Crippen LogP contribution in [0.15, 0.2) is 52.7 Å². The third kappa shape index (κ3) is 5.75. The molecule has 0 aliphatic rings. The summed E-state index contributed by atoms with van der Waals surface area (Å²) in [5.41, 5.74) is 1.50. The summed E-state index contributed by atoms with van der Waals surface area (Å²) in [7, 11) is 3.84. The molecule has 0 radical (unpaired) electrons. The molecule has 7 nitrogen and oxygen atoms in total. The normalized spacial score (nSPS) is 12.0. The summed E-state index contributed by atoms with van der Waals surface area (Å²) in [5, 5.41) is 11.8. The first kappa shape index (κ1) is 19.8. The smallest absolute Gasteiger partial charge is 0.349 e. The minimum Gasteiger partial charge on any atom is -0.467 e. The van der Waals surface area contributed by atoms with Crippen molar-refractivity contribution in [3.05, 3.63) is 59.6 Å². The van der Waals surface area contributed by atoms with Crippen LogP contribution in [0, 0.1) is 11.3 Å². The summed E-state index contributed by atoms with van der Waals surface area (Å²) in [4.78, 5) is 26.1. The molecule has 0 spiro atoms. The molecule has 1 N–H and O–H groups in total. The molecule has 2 aromatic rings. The van der Waals surface area contributed by atoms with Crippen molar-refractivity contribution in [3.63, 3.8) is 0 Å². The second-order valence-electron chi connectivity index (χ2n) is 6.00. The summed E-state index contributed by atoms with van der Waals surface area (Å²) >= 11 is 0. The van der Waals surface area contributed by atoms with Gasteiger partial charge in [-0.05, 0) is 42.8 Å². The van der Waals surface area contributed by atoms with Crippen LogP contribution in [0.2, 0.25) is 0 Å². The molecule has 0 aliphatic heterocycles. The van der Waals surface area contributed by atoms with Crippen LogP contribution in [0.5, 0.6) is 0 Å². The fourth-order valence-electron chi connectivity index (χ4n) is 2.18. The molecule has 2 rings (SSSR count). The number of nitrogens with zero attached hydrogens (tertiary/aromatic N) is 2. The van der Waals surface area contributed by atoms with Crippen LogP contribution in [0.1, 0.15) is 18.2 Å². The Bertz CT molecular complexity index is 846. The van der Waals surface area contributed by atoms with E-state index in [9.17, 15) is 14.9 Å². The Balaban J connectivity index is 1.96. The van der Waals surface area contributed by atoms with Gasteiger partial charge in [-0.15, -0.1) is 0 Å². The topological polar surface area (TPSA) is 95.6 Å². The molecule has 27 heavy (non-hydrogen) atoms. The van der Waals surface area contributed by atoms with Gasteiger partial charge in [-0.3, -0.25) is 4.79 Å². The van der Waals surface area contributed by atoms with E-state index in [1.165, 1.54) is 19.3 Å². The van der Waals surface area contributed by atoms with E-state index < -0.39 is 18.0 Å². The zero-order chi connectivity index (χ0) is 19.8. The molecule has 0 fully saturated rings. The Morgan fingerprint density at radius 2 is 2.00 bits per heavy atom. The van der Waals surface area contributed by atoms with Gasteiger partial charge in [0.25, 0.3) is 5.91 Å². The van der Waals surface area contributed by atoms with Crippen molar-refractivity contribution < 1.29 is 18.7 Å². The van der Waals surface area contributed by atoms with Crippen molar-refractivity contribution in [2.24, 2.45) is 0 Å². The fraction of sp³-hybridized carbons (Fsp3) is 0.250. The van der Waals surface area contributed by atoms with Crippen molar-refractivity contribution in [2.75, 3.05) is 19.0 Å². The summed E-state index contributed by atoms with van der Waals surface area (Å²) < 4.78 is 10.2. The first-order chi connectivity index (χ1) is 12.9. The number of benzene rings is 1. The molecule has 1 heterocycles. The number of carbonyl (C=O) groups is 2. The van der Waals surface area contributed by atoms with Crippen molar-refractivity contribution in [1.29, 1.82) is 5.26 Å². The molecule has 0 aliphatic carbocycles. The molecule has 1 aromatic heterocycles. The Morgan fingerprint density at radius 1 is 1.30 bits per heavy atom. The lowest BCUT2D eigenvalue weighted by Gasteiger charge is -2.13. The Kier molecular flexibility index (Phi) is 6.78. The number of nitrogens with one attached hydrogen (secondary N) is 1. The van der Waals surface area contributed by atoms with Crippen LogP contribution in [-0.4, -0.2) is 32.1 Å². The van der Waals surface area contributed by atoms with Gasteiger partial charge in [0.05, 0.1) is 12.8 Å². The summed E-state index contributed by atoms with van der Waals surface area (Å²) in [6, 6.07) is 12.6. The maximum absolute atomic E-state index is 12.2. The molecule has 1 amide bonds. The molecule has 0 saturated carbocycles. The highest BCUT2D eigenvalue weighted by molar-refractivity contribution is 5.99. The zero-order valence-electron chi connectivity index (χ0n) is 15.4. The molecule has 1 atom stereocenters. The SMILES string of the molecule is CC(OC(=O)/C(C#N)=C/c1ccc(N(C)C)cc1)C(=O)NCc1ccco1. The first-order valence-electron chi connectivity index (χ1n) is 8.31. The second kappa shape index (κ2) is 9.25. The number of hydrogen-bond acceptors (Lipinski definition) is 6. The summed E-state index contributed by atoms with van der Waals surface area (Å²) in [6.07, 6.45) is 1.88. The predicted molar refractivity (Wildman–Crippen MR) is 100 cm³/mol. The fourth-order valence-corrected chi connectivity index (χ4v) is 2.18. The molecule has 7 heteroatoms. The van der Waals surface area contributed by atoms with E-state index in [1.54, 1.807) is 24.3 Å².